The molecule has 156 valence electrons. The number of hydrogen-bond donors (Lipinski definition) is 1. The van der Waals surface area contributed by atoms with E-state index in [-0.39, 0.29) is 5.91 Å². The summed E-state index contributed by atoms with van der Waals surface area (Å²) in [6.45, 7) is 6.06. The molecule has 30 heavy (non-hydrogen) atoms. The van der Waals surface area contributed by atoms with Crippen molar-refractivity contribution in [3.63, 3.8) is 0 Å². The lowest BCUT2D eigenvalue weighted by Crippen LogP contribution is -2.27. The van der Waals surface area contributed by atoms with E-state index >= 15 is 0 Å². The molecule has 1 aromatic carbocycles. The monoisotopic (exact) mass is 415 g/mol. The summed E-state index contributed by atoms with van der Waals surface area (Å²) in [4.78, 5) is 21.1. The van der Waals surface area contributed by atoms with Crippen molar-refractivity contribution in [2.75, 3.05) is 0 Å². The summed E-state index contributed by atoms with van der Waals surface area (Å²) < 4.78 is 43.9. The normalized spacial score (nSPS) is 16.3. The van der Waals surface area contributed by atoms with Gasteiger partial charge in [0.15, 0.2) is 0 Å². The fourth-order valence-corrected chi connectivity index (χ4v) is 3.58. The van der Waals surface area contributed by atoms with Crippen molar-refractivity contribution in [2.45, 2.75) is 45.2 Å². The molecule has 8 heteroatoms. The van der Waals surface area contributed by atoms with Crippen LogP contribution in [0.2, 0.25) is 0 Å². The first-order chi connectivity index (χ1) is 14.1. The number of benzene rings is 1. The molecule has 3 aromatic rings. The van der Waals surface area contributed by atoms with Crippen LogP contribution in [0.3, 0.4) is 0 Å². The number of hydrogen-bond acceptors (Lipinski definition) is 4. The maximum atomic E-state index is 12.8. The van der Waals surface area contributed by atoms with Crippen LogP contribution in [0.1, 0.15) is 59.6 Å². The van der Waals surface area contributed by atoms with Crippen molar-refractivity contribution in [2.24, 2.45) is 0 Å². The van der Waals surface area contributed by atoms with E-state index in [2.05, 4.69) is 15.3 Å². The highest BCUT2D eigenvalue weighted by molar-refractivity contribution is 5.99. The van der Waals surface area contributed by atoms with Crippen molar-refractivity contribution in [1.82, 2.24) is 15.3 Å². The van der Waals surface area contributed by atoms with E-state index in [0.717, 1.165) is 34.3 Å². The predicted molar refractivity (Wildman–Crippen MR) is 105 cm³/mol. The lowest BCUT2D eigenvalue weighted by Gasteiger charge is -2.18. The van der Waals surface area contributed by atoms with Crippen molar-refractivity contribution in [3.8, 4) is 0 Å². The third-order valence-corrected chi connectivity index (χ3v) is 5.37. The molecule has 1 atom stereocenters. The SMILES string of the molecule is C[C@@H](NC(=O)c1ccc2ncc3c(c2c1)COC3(C)C)c1ccc(C(F)(F)F)cn1. The van der Waals surface area contributed by atoms with Crippen LogP contribution in [0.25, 0.3) is 10.9 Å². The van der Waals surface area contributed by atoms with Crippen LogP contribution in [0.15, 0.2) is 42.7 Å². The van der Waals surface area contributed by atoms with Crippen LogP contribution in [0.4, 0.5) is 13.2 Å². The lowest BCUT2D eigenvalue weighted by atomic mass is 9.95. The van der Waals surface area contributed by atoms with E-state index in [1.54, 1.807) is 25.1 Å². The van der Waals surface area contributed by atoms with Crippen molar-refractivity contribution >= 4 is 16.8 Å². The third kappa shape index (κ3) is 3.63. The number of pyridine rings is 2. The van der Waals surface area contributed by atoms with Crippen LogP contribution >= 0.6 is 0 Å². The standard InChI is InChI=1S/C22H20F3N3O2/c1-12(18-7-5-14(9-26-18)22(23,24)25)28-20(29)13-4-6-19-15(8-13)16-11-30-21(2,3)17(16)10-27-19/h4-10,12H,11H2,1-3H3,(H,28,29)/t12-/m1/s1. The van der Waals surface area contributed by atoms with Gasteiger partial charge >= 0.3 is 6.18 Å². The largest absolute Gasteiger partial charge is 0.417 e. The summed E-state index contributed by atoms with van der Waals surface area (Å²) in [7, 11) is 0. The Morgan fingerprint density at radius 2 is 1.93 bits per heavy atom. The molecule has 1 aliphatic heterocycles. The Balaban J connectivity index is 1.57. The molecule has 4 rings (SSSR count). The Morgan fingerprint density at radius 1 is 1.17 bits per heavy atom. The Morgan fingerprint density at radius 3 is 2.60 bits per heavy atom. The molecule has 0 spiro atoms. The minimum absolute atomic E-state index is 0.342. The third-order valence-electron chi connectivity index (χ3n) is 5.37. The molecule has 2 aromatic heterocycles. The van der Waals surface area contributed by atoms with E-state index in [0.29, 0.717) is 17.9 Å². The fraction of sp³-hybridized carbons (Fsp3) is 0.318. The highest BCUT2D eigenvalue weighted by Crippen LogP contribution is 2.38. The van der Waals surface area contributed by atoms with Gasteiger partial charge in [-0.3, -0.25) is 14.8 Å². The van der Waals surface area contributed by atoms with Gasteiger partial charge in [-0.15, -0.1) is 0 Å². The topological polar surface area (TPSA) is 64.1 Å². The van der Waals surface area contributed by atoms with Gasteiger partial charge in [0.25, 0.3) is 5.91 Å². The smallest absolute Gasteiger partial charge is 0.366 e. The molecule has 0 saturated carbocycles. The van der Waals surface area contributed by atoms with Gasteiger partial charge in [-0.05, 0) is 56.7 Å². The molecule has 0 bridgehead atoms. The van der Waals surface area contributed by atoms with Crippen molar-refractivity contribution in [1.29, 1.82) is 0 Å². The molecule has 1 aliphatic rings. The van der Waals surface area contributed by atoms with Gasteiger partial charge in [-0.25, -0.2) is 0 Å². The van der Waals surface area contributed by atoms with Gasteiger partial charge < -0.3 is 10.1 Å². The highest BCUT2D eigenvalue weighted by Gasteiger charge is 2.33. The fourth-order valence-electron chi connectivity index (χ4n) is 3.58. The van der Waals surface area contributed by atoms with E-state index in [9.17, 15) is 18.0 Å². The quantitative estimate of drug-likeness (QED) is 0.661. The van der Waals surface area contributed by atoms with Gasteiger partial charge in [0, 0.05) is 28.9 Å². The molecule has 0 radical (unpaired) electrons. The molecule has 0 unspecified atom stereocenters. The first-order valence-electron chi connectivity index (χ1n) is 9.46. The second-order valence-corrected chi connectivity index (χ2v) is 7.85. The number of alkyl halides is 3. The van der Waals surface area contributed by atoms with Gasteiger partial charge in [0.1, 0.15) is 0 Å². The summed E-state index contributed by atoms with van der Waals surface area (Å²) in [5, 5.41) is 3.64. The average molecular weight is 415 g/mol. The van der Waals surface area contributed by atoms with E-state index in [4.69, 9.17) is 4.74 Å². The number of carbonyl (C=O) groups is 1. The summed E-state index contributed by atoms with van der Waals surface area (Å²) in [6, 6.07) is 6.88. The molecule has 1 amide bonds. The summed E-state index contributed by atoms with van der Waals surface area (Å²) >= 11 is 0. The number of fused-ring (bicyclic) bond motifs is 3. The minimum Gasteiger partial charge on any atom is -0.366 e. The molecule has 0 aliphatic carbocycles. The zero-order valence-corrected chi connectivity index (χ0v) is 16.7. The Hall–Kier alpha value is -3.00. The summed E-state index contributed by atoms with van der Waals surface area (Å²) in [5.74, 6) is -0.345. The van der Waals surface area contributed by atoms with Crippen LogP contribution in [0.5, 0.6) is 0 Å². The predicted octanol–water partition coefficient (Wildman–Crippen LogP) is 4.90. The van der Waals surface area contributed by atoms with E-state index in [1.165, 1.54) is 6.07 Å². The molecule has 0 saturated heterocycles. The van der Waals surface area contributed by atoms with Crippen molar-refractivity contribution in [3.05, 3.63) is 70.7 Å². The van der Waals surface area contributed by atoms with Gasteiger partial charge in [-0.2, -0.15) is 13.2 Å². The number of rotatable bonds is 3. The molecule has 3 heterocycles. The van der Waals surface area contributed by atoms with Crippen LogP contribution < -0.4 is 5.32 Å². The second-order valence-electron chi connectivity index (χ2n) is 7.85. The molecule has 0 fully saturated rings. The molecule has 5 nitrogen and oxygen atoms in total. The van der Waals surface area contributed by atoms with Gasteiger partial charge in [0.05, 0.1) is 35.0 Å². The zero-order chi connectivity index (χ0) is 21.7. The molecular formula is C22H20F3N3O2. The first-order valence-corrected chi connectivity index (χ1v) is 9.46. The first kappa shape index (κ1) is 20.3. The van der Waals surface area contributed by atoms with Crippen molar-refractivity contribution < 1.29 is 22.7 Å². The van der Waals surface area contributed by atoms with E-state index in [1.807, 2.05) is 20.0 Å². The number of amides is 1. The molecular weight excluding hydrogens is 395 g/mol. The number of carbonyl (C=O) groups excluding carboxylic acids is 1. The maximum Gasteiger partial charge on any atom is 0.417 e. The lowest BCUT2D eigenvalue weighted by molar-refractivity contribution is -0.137. The second kappa shape index (κ2) is 7.05. The number of nitrogens with zero attached hydrogens (tertiary/aromatic N) is 2. The zero-order valence-electron chi connectivity index (χ0n) is 16.7. The van der Waals surface area contributed by atoms with Crippen LogP contribution in [-0.4, -0.2) is 15.9 Å². The Kier molecular flexibility index (Phi) is 4.77. The average Bonchev–Trinajstić information content (AvgIpc) is 3.02. The summed E-state index contributed by atoms with van der Waals surface area (Å²) in [6.07, 6.45) is -1.87. The summed E-state index contributed by atoms with van der Waals surface area (Å²) in [5.41, 5.74) is 2.29. The number of halogens is 3. The maximum absolute atomic E-state index is 12.8. The van der Waals surface area contributed by atoms with Crippen LogP contribution in [0, 0.1) is 0 Å². The number of aromatic nitrogens is 2. The minimum atomic E-state index is -4.45. The Bertz CT molecular complexity index is 1120. The molecule has 1 N–H and O–H groups in total. The van der Waals surface area contributed by atoms with E-state index < -0.39 is 23.4 Å². The Labute approximate surface area is 171 Å². The van der Waals surface area contributed by atoms with Crippen LogP contribution in [-0.2, 0) is 23.1 Å². The van der Waals surface area contributed by atoms with Gasteiger partial charge in [-0.1, -0.05) is 0 Å². The highest BCUT2D eigenvalue weighted by atomic mass is 19.4. The number of nitrogens with one attached hydrogen (secondary N) is 1. The van der Waals surface area contributed by atoms with Gasteiger partial charge in [0.2, 0.25) is 0 Å². The number of ether oxygens (including phenoxy) is 1.